The second-order valence-corrected chi connectivity index (χ2v) is 3.44. The van der Waals surface area contributed by atoms with E-state index in [2.05, 4.69) is 9.78 Å². The Hall–Kier alpha value is -1.30. The highest BCUT2D eigenvalue weighted by Gasteiger charge is 1.98. The van der Waals surface area contributed by atoms with Crippen LogP contribution in [-0.4, -0.2) is 28.9 Å². The first kappa shape index (κ1) is 14.7. The molecule has 0 aromatic carbocycles. The van der Waals surface area contributed by atoms with E-state index < -0.39 is 12.1 Å². The second-order valence-electron chi connectivity index (χ2n) is 3.44. The van der Waals surface area contributed by atoms with E-state index in [0.717, 1.165) is 32.1 Å². The zero-order valence-corrected chi connectivity index (χ0v) is 9.18. The van der Waals surface area contributed by atoms with Gasteiger partial charge in [-0.25, -0.2) is 4.79 Å². The highest BCUT2D eigenvalue weighted by atomic mass is 17.2. The minimum atomic E-state index is -1.44. The summed E-state index contributed by atoms with van der Waals surface area (Å²) in [5, 5.41) is 16.4. The highest BCUT2D eigenvalue weighted by molar-refractivity contribution is 5.66. The third kappa shape index (κ3) is 12.7. The van der Waals surface area contributed by atoms with Crippen molar-refractivity contribution in [3.8, 4) is 0 Å². The van der Waals surface area contributed by atoms with Crippen LogP contribution >= 0.6 is 0 Å². The zero-order valence-electron chi connectivity index (χ0n) is 9.18. The van der Waals surface area contributed by atoms with Gasteiger partial charge in [0.1, 0.15) is 0 Å². The van der Waals surface area contributed by atoms with E-state index in [1.54, 1.807) is 0 Å². The van der Waals surface area contributed by atoms with Crippen LogP contribution in [0, 0.1) is 0 Å². The molecule has 0 heterocycles. The normalized spacial score (nSPS) is 10.0. The van der Waals surface area contributed by atoms with E-state index in [9.17, 15) is 9.59 Å². The minimum Gasteiger partial charge on any atom is -0.481 e. The summed E-state index contributed by atoms with van der Waals surface area (Å²) in [4.78, 5) is 28.3. The Labute approximate surface area is 94.1 Å². The Morgan fingerprint density at radius 3 is 2.00 bits per heavy atom. The molecule has 0 aromatic heterocycles. The molecule has 0 atom stereocenters. The Balaban J connectivity index is 2.98. The van der Waals surface area contributed by atoms with Crippen molar-refractivity contribution in [2.75, 3.05) is 6.61 Å². The van der Waals surface area contributed by atoms with Crippen LogP contribution in [0.2, 0.25) is 0 Å². The molecule has 16 heavy (non-hydrogen) atoms. The predicted octanol–water partition coefficient (Wildman–Crippen LogP) is 2.43. The molecule has 0 aliphatic heterocycles. The molecule has 0 saturated heterocycles. The van der Waals surface area contributed by atoms with Crippen LogP contribution in [0.15, 0.2) is 0 Å². The lowest BCUT2D eigenvalue weighted by Gasteiger charge is -2.01. The molecule has 94 valence electrons. The SMILES string of the molecule is O=C(O)CCCCCCCCOOC(=O)O. The molecule has 0 rings (SSSR count). The predicted molar refractivity (Wildman–Crippen MR) is 55.0 cm³/mol. The lowest BCUT2D eigenvalue weighted by atomic mass is 10.1. The summed E-state index contributed by atoms with van der Waals surface area (Å²) in [5.41, 5.74) is 0. The van der Waals surface area contributed by atoms with Crippen LogP contribution in [0.3, 0.4) is 0 Å². The Bertz CT molecular complexity index is 181. The molecule has 0 fully saturated rings. The third-order valence-corrected chi connectivity index (χ3v) is 2.00. The van der Waals surface area contributed by atoms with Gasteiger partial charge in [0.25, 0.3) is 0 Å². The molecule has 0 spiro atoms. The van der Waals surface area contributed by atoms with Crippen LogP contribution in [-0.2, 0) is 14.6 Å². The second kappa shape index (κ2) is 10.2. The number of hydrogen-bond acceptors (Lipinski definition) is 4. The fraction of sp³-hybridized carbons (Fsp3) is 0.800. The van der Waals surface area contributed by atoms with Crippen LogP contribution < -0.4 is 0 Å². The quantitative estimate of drug-likeness (QED) is 0.342. The molecule has 0 aliphatic carbocycles. The zero-order chi connectivity index (χ0) is 12.2. The van der Waals surface area contributed by atoms with Gasteiger partial charge in [0.2, 0.25) is 0 Å². The topological polar surface area (TPSA) is 93.1 Å². The number of rotatable bonds is 10. The van der Waals surface area contributed by atoms with Crippen molar-refractivity contribution in [3.63, 3.8) is 0 Å². The van der Waals surface area contributed by atoms with Gasteiger partial charge < -0.3 is 10.2 Å². The fourth-order valence-corrected chi connectivity index (χ4v) is 1.24. The molecule has 0 aromatic rings. The van der Waals surface area contributed by atoms with Crippen LogP contribution in [0.5, 0.6) is 0 Å². The highest BCUT2D eigenvalue weighted by Crippen LogP contribution is 2.07. The molecule has 6 heteroatoms. The van der Waals surface area contributed by atoms with Gasteiger partial charge in [0.15, 0.2) is 0 Å². The molecular formula is C10H18O6. The van der Waals surface area contributed by atoms with Crippen molar-refractivity contribution >= 4 is 12.1 Å². The lowest BCUT2D eigenvalue weighted by Crippen LogP contribution is -2.02. The molecule has 0 unspecified atom stereocenters. The van der Waals surface area contributed by atoms with Gasteiger partial charge in [-0.15, -0.1) is 0 Å². The van der Waals surface area contributed by atoms with Crippen molar-refractivity contribution in [3.05, 3.63) is 0 Å². The van der Waals surface area contributed by atoms with Crippen LogP contribution in [0.1, 0.15) is 44.9 Å². The van der Waals surface area contributed by atoms with E-state index in [1.807, 2.05) is 0 Å². The lowest BCUT2D eigenvalue weighted by molar-refractivity contribution is -0.251. The summed E-state index contributed by atoms with van der Waals surface area (Å²) in [6.07, 6.45) is 4.09. The third-order valence-electron chi connectivity index (χ3n) is 2.00. The maximum absolute atomic E-state index is 10.2. The van der Waals surface area contributed by atoms with E-state index in [4.69, 9.17) is 10.2 Å². The van der Waals surface area contributed by atoms with Crippen molar-refractivity contribution in [2.45, 2.75) is 44.9 Å². The molecule has 2 N–H and O–H groups in total. The molecule has 0 amide bonds. The number of hydrogen-bond donors (Lipinski definition) is 2. The minimum absolute atomic E-state index is 0.232. The van der Waals surface area contributed by atoms with Gasteiger partial charge in [-0.2, -0.15) is 4.89 Å². The average Bonchev–Trinajstić information content (AvgIpc) is 2.20. The van der Waals surface area contributed by atoms with Crippen molar-refractivity contribution in [1.82, 2.24) is 0 Å². The van der Waals surface area contributed by atoms with E-state index in [1.165, 1.54) is 0 Å². The molecular weight excluding hydrogens is 216 g/mol. The standard InChI is InChI=1S/C10H18O6/c11-9(12)7-5-3-1-2-4-6-8-15-16-10(13)14/h1-8H2,(H,11,12)(H,13,14). The molecule has 0 bridgehead atoms. The summed E-state index contributed by atoms with van der Waals surface area (Å²) in [6, 6.07) is 0. The van der Waals surface area contributed by atoms with E-state index in [-0.39, 0.29) is 13.0 Å². The summed E-state index contributed by atoms with van der Waals surface area (Å²) in [7, 11) is 0. The number of unbranched alkanes of at least 4 members (excludes halogenated alkanes) is 5. The monoisotopic (exact) mass is 234 g/mol. The van der Waals surface area contributed by atoms with Crippen molar-refractivity contribution in [2.24, 2.45) is 0 Å². The van der Waals surface area contributed by atoms with E-state index in [0.29, 0.717) is 6.42 Å². The Morgan fingerprint density at radius 1 is 0.875 bits per heavy atom. The number of carbonyl (C=O) groups is 2. The number of aliphatic carboxylic acids is 1. The molecule has 0 aliphatic rings. The number of carboxylic acid groups (broad SMARTS) is 2. The van der Waals surface area contributed by atoms with Gasteiger partial charge in [-0.05, 0) is 12.8 Å². The smallest absolute Gasteiger partial charge is 0.481 e. The summed E-state index contributed by atoms with van der Waals surface area (Å²) >= 11 is 0. The Morgan fingerprint density at radius 2 is 1.44 bits per heavy atom. The van der Waals surface area contributed by atoms with Gasteiger partial charge in [-0.3, -0.25) is 9.68 Å². The van der Waals surface area contributed by atoms with Crippen molar-refractivity contribution in [1.29, 1.82) is 0 Å². The van der Waals surface area contributed by atoms with Gasteiger partial charge in [-0.1, -0.05) is 25.7 Å². The van der Waals surface area contributed by atoms with Crippen LogP contribution in [0.4, 0.5) is 4.79 Å². The summed E-state index contributed by atoms with van der Waals surface area (Å²) < 4.78 is 0. The van der Waals surface area contributed by atoms with E-state index >= 15 is 0 Å². The first-order valence-corrected chi connectivity index (χ1v) is 5.37. The van der Waals surface area contributed by atoms with Gasteiger partial charge in [0, 0.05) is 6.42 Å². The maximum Gasteiger partial charge on any atom is 0.537 e. The average molecular weight is 234 g/mol. The molecule has 6 nitrogen and oxygen atoms in total. The van der Waals surface area contributed by atoms with Crippen LogP contribution in [0.25, 0.3) is 0 Å². The molecule has 0 radical (unpaired) electrons. The molecule has 0 saturated carbocycles. The first-order chi connectivity index (χ1) is 7.63. The maximum atomic E-state index is 10.2. The van der Waals surface area contributed by atoms with Gasteiger partial charge >= 0.3 is 12.1 Å². The Kier molecular flexibility index (Phi) is 9.39. The fourth-order valence-electron chi connectivity index (χ4n) is 1.24. The first-order valence-electron chi connectivity index (χ1n) is 5.37. The van der Waals surface area contributed by atoms with Crippen molar-refractivity contribution < 1.29 is 29.6 Å². The van der Waals surface area contributed by atoms with Gasteiger partial charge in [0.05, 0.1) is 6.61 Å². The largest absolute Gasteiger partial charge is 0.537 e. The summed E-state index contributed by atoms with van der Waals surface area (Å²) in [6.45, 7) is 0.265. The number of carboxylic acids is 1. The summed E-state index contributed by atoms with van der Waals surface area (Å²) in [5.74, 6) is -0.751.